The number of aryl methyl sites for hydroxylation is 1. The lowest BCUT2D eigenvalue weighted by molar-refractivity contribution is 0.309. The van der Waals surface area contributed by atoms with E-state index >= 15 is 0 Å². The largest absolute Gasteiger partial charge is 0.492 e. The van der Waals surface area contributed by atoms with E-state index in [-0.39, 0.29) is 0 Å². The van der Waals surface area contributed by atoms with Gasteiger partial charge in [-0.2, -0.15) is 0 Å². The van der Waals surface area contributed by atoms with E-state index in [1.54, 1.807) is 7.11 Å². The van der Waals surface area contributed by atoms with E-state index in [1.807, 2.05) is 19.2 Å². The zero-order chi connectivity index (χ0) is 23.7. The summed E-state index contributed by atoms with van der Waals surface area (Å²) >= 11 is 2.27. The normalized spacial score (nSPS) is 20.6. The minimum Gasteiger partial charge on any atom is -0.492 e. The molecule has 0 saturated carbocycles. The van der Waals surface area contributed by atoms with Gasteiger partial charge in [0.15, 0.2) is 11.5 Å². The smallest absolute Gasteiger partial charge is 0.174 e. The molecule has 5 heteroatoms. The second kappa shape index (κ2) is 9.82. The molecule has 1 aliphatic carbocycles. The monoisotopic (exact) mass is 564 g/mol. The number of aliphatic imine (C=N–C) groups is 1. The molecule has 0 unspecified atom stereocenters. The van der Waals surface area contributed by atoms with E-state index in [4.69, 9.17) is 14.5 Å². The molecule has 0 amide bonds. The second-order valence-electron chi connectivity index (χ2n) is 8.88. The number of hydrogen-bond acceptors (Lipinski definition) is 4. The van der Waals surface area contributed by atoms with Crippen LogP contribution in [0.2, 0.25) is 0 Å². The highest BCUT2D eigenvalue weighted by Gasteiger charge is 2.37. The number of ether oxygens (including phenoxy) is 2. The first-order valence-corrected chi connectivity index (χ1v) is 12.8. The van der Waals surface area contributed by atoms with E-state index < -0.39 is 0 Å². The third-order valence-electron chi connectivity index (χ3n) is 6.67. The summed E-state index contributed by atoms with van der Waals surface area (Å²) < 4.78 is 12.2. The standard InChI is InChI=1S/C29H29IN2O2/c1-4-34-27-16-19(15-25(30)29(27)33-3)17-31-21-11-9-20(10-12-21)28-23-7-5-6-22(23)24-14-18(2)8-13-26(24)32-28/h5-6,8-17,22-23,28,32H,4,7H2,1-3H3/t22-,23-,28+/m1/s1. The van der Waals surface area contributed by atoms with Crippen LogP contribution in [-0.4, -0.2) is 19.9 Å². The zero-order valence-electron chi connectivity index (χ0n) is 19.7. The first-order valence-electron chi connectivity index (χ1n) is 11.8. The second-order valence-corrected chi connectivity index (χ2v) is 10.0. The molecule has 34 heavy (non-hydrogen) atoms. The van der Waals surface area contributed by atoms with Gasteiger partial charge in [-0.3, -0.25) is 4.99 Å². The van der Waals surface area contributed by atoms with Crippen molar-refractivity contribution in [3.63, 3.8) is 0 Å². The van der Waals surface area contributed by atoms with Gasteiger partial charge >= 0.3 is 0 Å². The van der Waals surface area contributed by atoms with Crippen molar-refractivity contribution < 1.29 is 9.47 Å². The Labute approximate surface area is 215 Å². The Morgan fingerprint density at radius 2 is 1.94 bits per heavy atom. The van der Waals surface area contributed by atoms with Crippen LogP contribution in [0.5, 0.6) is 11.5 Å². The Balaban J connectivity index is 1.36. The van der Waals surface area contributed by atoms with Crippen LogP contribution >= 0.6 is 22.6 Å². The topological polar surface area (TPSA) is 42.8 Å². The van der Waals surface area contributed by atoms with Crippen molar-refractivity contribution in [3.8, 4) is 11.5 Å². The van der Waals surface area contributed by atoms with Crippen LogP contribution in [0.3, 0.4) is 0 Å². The molecule has 0 radical (unpaired) electrons. The molecule has 4 nitrogen and oxygen atoms in total. The van der Waals surface area contributed by atoms with Gasteiger partial charge in [0.1, 0.15) is 0 Å². The summed E-state index contributed by atoms with van der Waals surface area (Å²) in [6.07, 6.45) is 7.72. The number of nitrogens with one attached hydrogen (secondary N) is 1. The molecule has 5 rings (SSSR count). The lowest BCUT2D eigenvalue weighted by atomic mass is 9.76. The number of methoxy groups -OCH3 is 1. The fraction of sp³-hybridized carbons (Fsp3) is 0.276. The van der Waals surface area contributed by atoms with E-state index in [9.17, 15) is 0 Å². The Bertz CT molecular complexity index is 1250. The molecule has 3 aromatic carbocycles. The van der Waals surface area contributed by atoms with Crippen molar-refractivity contribution in [2.24, 2.45) is 10.9 Å². The molecular weight excluding hydrogens is 535 g/mol. The molecule has 3 aromatic rings. The summed E-state index contributed by atoms with van der Waals surface area (Å²) in [4.78, 5) is 4.72. The van der Waals surface area contributed by atoms with Gasteiger partial charge in [0, 0.05) is 17.8 Å². The maximum Gasteiger partial charge on any atom is 0.174 e. The lowest BCUT2D eigenvalue weighted by Crippen LogP contribution is -2.29. The van der Waals surface area contributed by atoms with Crippen molar-refractivity contribution in [1.82, 2.24) is 0 Å². The summed E-state index contributed by atoms with van der Waals surface area (Å²) in [7, 11) is 1.67. The maximum atomic E-state index is 5.75. The number of hydrogen-bond donors (Lipinski definition) is 1. The van der Waals surface area contributed by atoms with Crippen LogP contribution in [0.4, 0.5) is 11.4 Å². The first kappa shape index (κ1) is 23.0. The fourth-order valence-corrected chi connectivity index (χ4v) is 5.93. The predicted octanol–water partition coefficient (Wildman–Crippen LogP) is 7.58. The van der Waals surface area contributed by atoms with Crippen LogP contribution in [0, 0.1) is 16.4 Å². The molecule has 0 fully saturated rings. The van der Waals surface area contributed by atoms with Crippen molar-refractivity contribution in [2.75, 3.05) is 19.0 Å². The number of anilines is 1. The van der Waals surface area contributed by atoms with Crippen molar-refractivity contribution in [3.05, 3.63) is 92.6 Å². The fourth-order valence-electron chi connectivity index (χ4n) is 5.08. The molecule has 0 saturated heterocycles. The van der Waals surface area contributed by atoms with E-state index in [2.05, 4.69) is 95.5 Å². The quantitative estimate of drug-likeness (QED) is 0.191. The Hall–Kier alpha value is -2.80. The highest BCUT2D eigenvalue weighted by Crippen LogP contribution is 2.50. The SMILES string of the molecule is CCOc1cc(C=Nc2ccc([C@@H]3Nc4ccc(C)cc4[C@@H]4C=CC[C@H]43)cc2)cc(I)c1OC. The van der Waals surface area contributed by atoms with Crippen molar-refractivity contribution in [2.45, 2.75) is 32.2 Å². The number of halogens is 1. The Kier molecular flexibility index (Phi) is 6.63. The summed E-state index contributed by atoms with van der Waals surface area (Å²) in [5, 5.41) is 3.82. The Morgan fingerprint density at radius 3 is 2.71 bits per heavy atom. The van der Waals surface area contributed by atoms with Crippen molar-refractivity contribution in [1.29, 1.82) is 0 Å². The summed E-state index contributed by atoms with van der Waals surface area (Å²) in [6.45, 7) is 4.73. The Morgan fingerprint density at radius 1 is 1.12 bits per heavy atom. The number of fused-ring (bicyclic) bond motifs is 3. The summed E-state index contributed by atoms with van der Waals surface area (Å²) in [5.41, 5.74) is 7.22. The van der Waals surface area contributed by atoms with E-state index in [0.717, 1.165) is 32.7 Å². The molecule has 1 heterocycles. The molecular formula is C29H29IN2O2. The highest BCUT2D eigenvalue weighted by molar-refractivity contribution is 14.1. The average Bonchev–Trinajstić information content (AvgIpc) is 3.33. The number of benzene rings is 3. The van der Waals surface area contributed by atoms with Gasteiger partial charge in [0.25, 0.3) is 0 Å². The van der Waals surface area contributed by atoms with Crippen LogP contribution in [0.25, 0.3) is 0 Å². The molecule has 0 bridgehead atoms. The van der Waals surface area contributed by atoms with Crippen LogP contribution in [-0.2, 0) is 0 Å². The average molecular weight is 564 g/mol. The zero-order valence-corrected chi connectivity index (χ0v) is 21.9. The number of rotatable bonds is 6. The molecule has 2 aliphatic rings. The van der Waals surface area contributed by atoms with Crippen molar-refractivity contribution >= 4 is 40.2 Å². The number of allylic oxidation sites excluding steroid dienone is 2. The van der Waals surface area contributed by atoms with Gasteiger partial charge < -0.3 is 14.8 Å². The summed E-state index contributed by atoms with van der Waals surface area (Å²) in [5.74, 6) is 2.53. The lowest BCUT2D eigenvalue weighted by Gasteiger charge is -2.37. The van der Waals surface area contributed by atoms with Gasteiger partial charge in [-0.05, 0) is 95.8 Å². The van der Waals surface area contributed by atoms with E-state index in [1.165, 1.54) is 22.4 Å². The molecule has 0 spiro atoms. The number of nitrogens with zero attached hydrogens (tertiary/aromatic N) is 1. The molecule has 174 valence electrons. The third kappa shape index (κ3) is 4.45. The molecule has 0 aromatic heterocycles. The van der Waals surface area contributed by atoms with Gasteiger partial charge in [-0.1, -0.05) is 42.0 Å². The van der Waals surface area contributed by atoms with E-state index in [0.29, 0.717) is 24.5 Å². The third-order valence-corrected chi connectivity index (χ3v) is 7.47. The van der Waals surface area contributed by atoms with Gasteiger partial charge in [0.05, 0.1) is 29.0 Å². The molecule has 3 atom stereocenters. The minimum atomic E-state index is 0.296. The summed E-state index contributed by atoms with van der Waals surface area (Å²) in [6, 6.07) is 19.7. The predicted molar refractivity (Wildman–Crippen MR) is 148 cm³/mol. The van der Waals surface area contributed by atoms with Crippen LogP contribution in [0.1, 0.15) is 47.6 Å². The first-order chi connectivity index (χ1) is 16.6. The maximum absolute atomic E-state index is 5.75. The van der Waals surface area contributed by atoms with Crippen LogP contribution in [0.15, 0.2) is 71.7 Å². The van der Waals surface area contributed by atoms with Gasteiger partial charge in [-0.25, -0.2) is 0 Å². The minimum absolute atomic E-state index is 0.296. The van der Waals surface area contributed by atoms with Gasteiger partial charge in [-0.15, -0.1) is 0 Å². The van der Waals surface area contributed by atoms with Crippen LogP contribution < -0.4 is 14.8 Å². The highest BCUT2D eigenvalue weighted by atomic mass is 127. The van der Waals surface area contributed by atoms with Gasteiger partial charge in [0.2, 0.25) is 0 Å². The molecule has 1 aliphatic heterocycles. The molecule has 1 N–H and O–H groups in total.